The number of hydrogen-bond donors (Lipinski definition) is 1. The fourth-order valence-electron chi connectivity index (χ4n) is 5.46. The van der Waals surface area contributed by atoms with Gasteiger partial charge in [0, 0.05) is 24.5 Å². The standard InChI is InChI=1S/C23H23ClF3N5O4S/c24-12-8-32(16-13(33)9-36-17(12)16)21(35)14(10-4-2-1-3-5-10)15-18(37-20(31-15)19(28)34)11-6-29-22(30-7-11)23(25,26)27/h6-7,10,12,14,16-17H,1-5,8-9H2,(H2,28,34)/t12-,14-,16+,17+/m0/s1. The van der Waals surface area contributed by atoms with Crippen LogP contribution in [0, 0.1) is 5.92 Å². The first-order valence-electron chi connectivity index (χ1n) is 11.8. The average Bonchev–Trinajstić information content (AvgIpc) is 3.56. The Morgan fingerprint density at radius 3 is 2.49 bits per heavy atom. The van der Waals surface area contributed by atoms with E-state index in [0.717, 1.165) is 43.0 Å². The lowest BCUT2D eigenvalue weighted by Gasteiger charge is -2.33. The second-order valence-electron chi connectivity index (χ2n) is 9.46. The van der Waals surface area contributed by atoms with Gasteiger partial charge in [0.2, 0.25) is 11.7 Å². The molecule has 0 unspecified atom stereocenters. The van der Waals surface area contributed by atoms with Crippen LogP contribution in [-0.4, -0.2) is 68.1 Å². The first kappa shape index (κ1) is 26.0. The molecule has 2 N–H and O–H groups in total. The summed E-state index contributed by atoms with van der Waals surface area (Å²) in [6, 6.07) is -0.812. The number of rotatable bonds is 5. The van der Waals surface area contributed by atoms with Gasteiger partial charge in [0.25, 0.3) is 5.91 Å². The van der Waals surface area contributed by atoms with Gasteiger partial charge in [-0.3, -0.25) is 14.4 Å². The number of carbonyl (C=O) groups is 3. The lowest BCUT2D eigenvalue weighted by Crippen LogP contribution is -2.45. The van der Waals surface area contributed by atoms with E-state index < -0.39 is 41.3 Å². The average molecular weight is 558 g/mol. The van der Waals surface area contributed by atoms with Crippen molar-refractivity contribution in [2.75, 3.05) is 13.2 Å². The van der Waals surface area contributed by atoms with Gasteiger partial charge in [-0.15, -0.1) is 22.9 Å². The van der Waals surface area contributed by atoms with Crippen molar-refractivity contribution in [2.45, 2.75) is 61.7 Å². The van der Waals surface area contributed by atoms with Crippen LogP contribution in [-0.2, 0) is 20.5 Å². The molecule has 2 aromatic rings. The molecule has 4 heterocycles. The SMILES string of the molecule is NC(=O)c1nc([C@@H](C(=O)N2C[C@H](Cl)[C@H]3OCC(=O)[C@H]32)C2CCCCC2)c(-c2cnc(C(F)(F)F)nc2)s1. The van der Waals surface area contributed by atoms with Gasteiger partial charge in [-0.1, -0.05) is 19.3 Å². The van der Waals surface area contributed by atoms with Gasteiger partial charge in [0.05, 0.1) is 21.9 Å². The number of carbonyl (C=O) groups excluding carboxylic acids is 3. The lowest BCUT2D eigenvalue weighted by molar-refractivity contribution is -0.145. The number of fused-ring (bicyclic) bond motifs is 1. The quantitative estimate of drug-likeness (QED) is 0.559. The van der Waals surface area contributed by atoms with Crippen LogP contribution in [0.3, 0.4) is 0 Å². The van der Waals surface area contributed by atoms with E-state index in [-0.39, 0.29) is 47.0 Å². The summed E-state index contributed by atoms with van der Waals surface area (Å²) in [5.74, 6) is -3.79. The number of alkyl halides is 4. The maximum atomic E-state index is 14.2. The van der Waals surface area contributed by atoms with Crippen molar-refractivity contribution in [2.24, 2.45) is 11.7 Å². The summed E-state index contributed by atoms with van der Waals surface area (Å²) < 4.78 is 44.6. The molecule has 0 radical (unpaired) electrons. The number of ketones is 1. The number of primary amides is 1. The van der Waals surface area contributed by atoms with Crippen molar-refractivity contribution in [1.29, 1.82) is 0 Å². The van der Waals surface area contributed by atoms with Gasteiger partial charge in [0.15, 0.2) is 10.8 Å². The fraction of sp³-hybridized carbons (Fsp3) is 0.565. The van der Waals surface area contributed by atoms with E-state index in [2.05, 4.69) is 15.0 Å². The van der Waals surface area contributed by atoms with E-state index in [1.807, 2.05) is 0 Å². The Morgan fingerprint density at radius 1 is 1.19 bits per heavy atom. The molecule has 37 heavy (non-hydrogen) atoms. The zero-order chi connectivity index (χ0) is 26.5. The topological polar surface area (TPSA) is 128 Å². The van der Waals surface area contributed by atoms with Crippen molar-refractivity contribution in [3.63, 3.8) is 0 Å². The number of amides is 2. The first-order valence-corrected chi connectivity index (χ1v) is 13.1. The van der Waals surface area contributed by atoms with E-state index >= 15 is 0 Å². The molecule has 2 aromatic heterocycles. The minimum absolute atomic E-state index is 0.0895. The molecule has 0 bridgehead atoms. The summed E-state index contributed by atoms with van der Waals surface area (Å²) in [7, 11) is 0. The number of nitrogens with zero attached hydrogens (tertiary/aromatic N) is 4. The Kier molecular flexibility index (Phi) is 6.96. The molecule has 198 valence electrons. The molecule has 2 amide bonds. The van der Waals surface area contributed by atoms with E-state index in [9.17, 15) is 27.6 Å². The number of ether oxygens (including phenoxy) is 1. The van der Waals surface area contributed by atoms with Crippen LogP contribution in [0.15, 0.2) is 12.4 Å². The Balaban J connectivity index is 1.59. The normalized spacial score (nSPS) is 25.4. The highest BCUT2D eigenvalue weighted by Crippen LogP contribution is 2.44. The Morgan fingerprint density at radius 2 is 1.86 bits per heavy atom. The number of thiazole rings is 1. The molecule has 2 aliphatic heterocycles. The van der Waals surface area contributed by atoms with Crippen LogP contribution >= 0.6 is 22.9 Å². The van der Waals surface area contributed by atoms with Gasteiger partial charge in [-0.2, -0.15) is 13.2 Å². The maximum Gasteiger partial charge on any atom is 0.451 e. The predicted octanol–water partition coefficient (Wildman–Crippen LogP) is 3.17. The molecule has 9 nitrogen and oxygen atoms in total. The minimum atomic E-state index is -4.73. The van der Waals surface area contributed by atoms with Crippen LogP contribution < -0.4 is 5.73 Å². The Hall–Kier alpha value is -2.64. The van der Waals surface area contributed by atoms with Gasteiger partial charge in [-0.05, 0) is 18.8 Å². The van der Waals surface area contributed by atoms with E-state index in [0.29, 0.717) is 17.7 Å². The van der Waals surface area contributed by atoms with Crippen molar-refractivity contribution in [3.05, 3.63) is 28.9 Å². The van der Waals surface area contributed by atoms with Gasteiger partial charge in [-0.25, -0.2) is 15.0 Å². The number of aromatic nitrogens is 3. The number of likely N-dealkylation sites (tertiary alicyclic amines) is 1. The second-order valence-corrected chi connectivity index (χ2v) is 11.0. The molecule has 1 aliphatic carbocycles. The highest BCUT2D eigenvalue weighted by atomic mass is 35.5. The molecular weight excluding hydrogens is 535 g/mol. The summed E-state index contributed by atoms with van der Waals surface area (Å²) in [5, 5.41) is -0.653. The molecule has 3 aliphatic rings. The van der Waals surface area contributed by atoms with Crippen molar-refractivity contribution in [1.82, 2.24) is 19.9 Å². The molecule has 5 rings (SSSR count). The van der Waals surface area contributed by atoms with Crippen LogP contribution in [0.1, 0.15) is 59.3 Å². The molecule has 1 saturated carbocycles. The number of halogens is 4. The van der Waals surface area contributed by atoms with E-state index in [1.54, 1.807) is 0 Å². The number of nitrogens with two attached hydrogens (primary N) is 1. The second kappa shape index (κ2) is 9.91. The maximum absolute atomic E-state index is 14.2. The number of hydrogen-bond acceptors (Lipinski definition) is 8. The fourth-order valence-corrected chi connectivity index (χ4v) is 6.76. The zero-order valence-corrected chi connectivity index (χ0v) is 21.0. The molecular formula is C23H23ClF3N5O4S. The third-order valence-corrected chi connectivity index (χ3v) is 8.64. The summed E-state index contributed by atoms with van der Waals surface area (Å²) in [6.45, 7) is -0.0245. The molecule has 3 fully saturated rings. The van der Waals surface area contributed by atoms with E-state index in [4.69, 9.17) is 22.1 Å². The van der Waals surface area contributed by atoms with Crippen LogP contribution in [0.5, 0.6) is 0 Å². The molecule has 2 saturated heterocycles. The summed E-state index contributed by atoms with van der Waals surface area (Å²) in [5.41, 5.74) is 5.89. The predicted molar refractivity (Wildman–Crippen MR) is 126 cm³/mol. The molecule has 0 aromatic carbocycles. The number of Topliss-reactive ketones (excluding diaryl/α,β-unsaturated/α-hetero) is 1. The molecule has 4 atom stereocenters. The smallest absolute Gasteiger partial charge is 0.366 e. The largest absolute Gasteiger partial charge is 0.451 e. The van der Waals surface area contributed by atoms with E-state index in [1.165, 1.54) is 4.90 Å². The lowest BCUT2D eigenvalue weighted by atomic mass is 9.77. The molecule has 14 heteroatoms. The summed E-state index contributed by atoms with van der Waals surface area (Å²) in [6.07, 6.45) is 0.838. The van der Waals surface area contributed by atoms with Crippen molar-refractivity contribution in [3.8, 4) is 10.4 Å². The minimum Gasteiger partial charge on any atom is -0.366 e. The van der Waals surface area contributed by atoms with Crippen molar-refractivity contribution < 1.29 is 32.3 Å². The van der Waals surface area contributed by atoms with Crippen LogP contribution in [0.25, 0.3) is 10.4 Å². The highest BCUT2D eigenvalue weighted by Gasteiger charge is 2.53. The Bertz CT molecular complexity index is 1220. The zero-order valence-electron chi connectivity index (χ0n) is 19.4. The Labute approximate surface area is 218 Å². The van der Waals surface area contributed by atoms with Crippen molar-refractivity contribution >= 4 is 40.5 Å². The molecule has 0 spiro atoms. The first-order chi connectivity index (χ1) is 17.6. The van der Waals surface area contributed by atoms with Crippen LogP contribution in [0.2, 0.25) is 0 Å². The van der Waals surface area contributed by atoms with Gasteiger partial charge >= 0.3 is 6.18 Å². The van der Waals surface area contributed by atoms with Gasteiger partial charge in [0.1, 0.15) is 18.8 Å². The monoisotopic (exact) mass is 557 g/mol. The van der Waals surface area contributed by atoms with Gasteiger partial charge < -0.3 is 15.4 Å². The summed E-state index contributed by atoms with van der Waals surface area (Å²) >= 11 is 7.30. The highest BCUT2D eigenvalue weighted by molar-refractivity contribution is 7.17. The van der Waals surface area contributed by atoms with Crippen LogP contribution in [0.4, 0.5) is 13.2 Å². The third kappa shape index (κ3) is 4.84. The third-order valence-electron chi connectivity index (χ3n) is 7.12. The summed E-state index contributed by atoms with van der Waals surface area (Å²) in [4.78, 5) is 51.8.